The van der Waals surface area contributed by atoms with E-state index in [1.165, 1.54) is 10.4 Å². The molecule has 1 amide bonds. The second-order valence-corrected chi connectivity index (χ2v) is 8.18. The summed E-state index contributed by atoms with van der Waals surface area (Å²) in [4.78, 5) is 14.0. The lowest BCUT2D eigenvalue weighted by Gasteiger charge is -2.19. The third-order valence-electron chi connectivity index (χ3n) is 4.99. The first-order valence-electron chi connectivity index (χ1n) is 9.98. The molecule has 0 unspecified atom stereocenters. The smallest absolute Gasteiger partial charge is 0.238 e. The molecule has 0 bridgehead atoms. The van der Waals surface area contributed by atoms with E-state index in [0.717, 1.165) is 22.4 Å². The zero-order valence-corrected chi connectivity index (χ0v) is 17.7. The van der Waals surface area contributed by atoms with E-state index in [9.17, 15) is 4.79 Å². The molecule has 1 heterocycles. The molecule has 0 aliphatic carbocycles. The van der Waals surface area contributed by atoms with Gasteiger partial charge in [-0.1, -0.05) is 84.4 Å². The van der Waals surface area contributed by atoms with E-state index in [2.05, 4.69) is 53.3 Å². The maximum absolute atomic E-state index is 12.8. The van der Waals surface area contributed by atoms with Gasteiger partial charge in [0.15, 0.2) is 0 Å². The molecule has 150 valence electrons. The average molecular weight is 413 g/mol. The molecule has 0 aliphatic heterocycles. The number of aryl methyl sites for hydroxylation is 1. The third kappa shape index (κ3) is 4.85. The van der Waals surface area contributed by atoms with Gasteiger partial charge >= 0.3 is 0 Å². The molecule has 0 radical (unpaired) electrons. The fourth-order valence-electron chi connectivity index (χ4n) is 3.45. The highest BCUT2D eigenvalue weighted by atomic mass is 32.1. The molecule has 3 nitrogen and oxygen atoms in total. The third-order valence-corrected chi connectivity index (χ3v) is 5.93. The van der Waals surface area contributed by atoms with Gasteiger partial charge in [0.1, 0.15) is 0 Å². The number of hydrogen-bond acceptors (Lipinski definition) is 3. The Morgan fingerprint density at radius 2 is 1.60 bits per heavy atom. The van der Waals surface area contributed by atoms with Crippen LogP contribution in [0.15, 0.2) is 96.4 Å². The van der Waals surface area contributed by atoms with Gasteiger partial charge in [0.25, 0.3) is 0 Å². The summed E-state index contributed by atoms with van der Waals surface area (Å²) in [5, 5.41) is 8.57. The van der Waals surface area contributed by atoms with Crippen molar-refractivity contribution in [1.82, 2.24) is 5.32 Å². The Bertz CT molecular complexity index is 1090. The lowest BCUT2D eigenvalue weighted by Crippen LogP contribution is -2.31. The Hall–Kier alpha value is -3.21. The van der Waals surface area contributed by atoms with Crippen molar-refractivity contribution in [2.75, 3.05) is 11.9 Å². The van der Waals surface area contributed by atoms with Crippen molar-refractivity contribution in [3.8, 4) is 11.1 Å². The van der Waals surface area contributed by atoms with E-state index < -0.39 is 0 Å². The number of rotatable bonds is 7. The number of nitrogens with one attached hydrogen (secondary N) is 2. The van der Waals surface area contributed by atoms with Crippen LogP contribution in [0.2, 0.25) is 0 Å². The summed E-state index contributed by atoms with van der Waals surface area (Å²) >= 11 is 1.69. The monoisotopic (exact) mass is 412 g/mol. The predicted molar refractivity (Wildman–Crippen MR) is 126 cm³/mol. The van der Waals surface area contributed by atoms with E-state index in [4.69, 9.17) is 0 Å². The van der Waals surface area contributed by atoms with Gasteiger partial charge in [-0.2, -0.15) is 0 Å². The van der Waals surface area contributed by atoms with Crippen LogP contribution < -0.4 is 10.6 Å². The molecular formula is C26H24N2OS. The van der Waals surface area contributed by atoms with Gasteiger partial charge in [-0.15, -0.1) is 11.3 Å². The molecule has 0 spiro atoms. The van der Waals surface area contributed by atoms with E-state index in [-0.39, 0.29) is 18.5 Å². The minimum atomic E-state index is -0.0629. The average Bonchev–Trinajstić information content (AvgIpc) is 3.31. The second kappa shape index (κ2) is 9.53. The van der Waals surface area contributed by atoms with Gasteiger partial charge < -0.3 is 5.32 Å². The van der Waals surface area contributed by atoms with Crippen LogP contribution >= 0.6 is 11.3 Å². The summed E-state index contributed by atoms with van der Waals surface area (Å²) in [6.07, 6.45) is 0. The highest BCUT2D eigenvalue weighted by molar-refractivity contribution is 7.10. The van der Waals surface area contributed by atoms with E-state index in [1.807, 2.05) is 60.7 Å². The number of carbonyl (C=O) groups is 1. The van der Waals surface area contributed by atoms with Gasteiger partial charge in [-0.3, -0.25) is 10.1 Å². The number of hydrogen-bond donors (Lipinski definition) is 2. The highest BCUT2D eigenvalue weighted by Gasteiger charge is 2.16. The van der Waals surface area contributed by atoms with Crippen molar-refractivity contribution in [1.29, 1.82) is 0 Å². The number of thiophene rings is 1. The van der Waals surface area contributed by atoms with Crippen LogP contribution in [-0.4, -0.2) is 12.5 Å². The minimum absolute atomic E-state index is 0.0132. The van der Waals surface area contributed by atoms with Crippen molar-refractivity contribution in [3.05, 3.63) is 112 Å². The van der Waals surface area contributed by atoms with Gasteiger partial charge in [0.05, 0.1) is 12.6 Å². The van der Waals surface area contributed by atoms with Crippen LogP contribution in [-0.2, 0) is 4.79 Å². The molecule has 4 aromatic rings. The highest BCUT2D eigenvalue weighted by Crippen LogP contribution is 2.28. The van der Waals surface area contributed by atoms with E-state index >= 15 is 0 Å². The largest absolute Gasteiger partial charge is 0.324 e. The Morgan fingerprint density at radius 3 is 2.33 bits per heavy atom. The van der Waals surface area contributed by atoms with Crippen LogP contribution in [0.1, 0.15) is 22.0 Å². The zero-order chi connectivity index (χ0) is 20.8. The Labute approximate surface area is 181 Å². The molecule has 0 saturated heterocycles. The van der Waals surface area contributed by atoms with E-state index in [1.54, 1.807) is 11.3 Å². The molecule has 0 saturated carbocycles. The van der Waals surface area contributed by atoms with Gasteiger partial charge in [-0.25, -0.2) is 0 Å². The Balaban J connectivity index is 1.48. The first-order valence-corrected chi connectivity index (χ1v) is 10.9. The SMILES string of the molecule is Cc1ccc([C@H](NCC(=O)Nc2ccccc2-c2ccccc2)c2cccs2)cc1. The summed E-state index contributed by atoms with van der Waals surface area (Å²) in [6.45, 7) is 2.30. The number of amides is 1. The standard InChI is InChI=1S/C26H24N2OS/c1-19-13-15-21(16-14-19)26(24-12-7-17-30-24)27-18-25(29)28-23-11-6-5-10-22(23)20-8-3-2-4-9-20/h2-17,26-27H,18H2,1H3,(H,28,29)/t26-/m0/s1. The maximum Gasteiger partial charge on any atom is 0.238 e. The van der Waals surface area contributed by atoms with Gasteiger partial charge in [0.2, 0.25) is 5.91 Å². The molecule has 1 atom stereocenters. The maximum atomic E-state index is 12.8. The topological polar surface area (TPSA) is 41.1 Å². The summed E-state index contributed by atoms with van der Waals surface area (Å²) in [7, 11) is 0. The lowest BCUT2D eigenvalue weighted by atomic mass is 10.0. The second-order valence-electron chi connectivity index (χ2n) is 7.20. The fraction of sp³-hybridized carbons (Fsp3) is 0.115. The fourth-order valence-corrected chi connectivity index (χ4v) is 4.27. The predicted octanol–water partition coefficient (Wildman–Crippen LogP) is 6.04. The number of carbonyl (C=O) groups excluding carboxylic acids is 1. The first kappa shape index (κ1) is 20.1. The van der Waals surface area contributed by atoms with Crippen LogP contribution in [0.3, 0.4) is 0 Å². The summed E-state index contributed by atoms with van der Waals surface area (Å²) in [5.41, 5.74) is 5.29. The van der Waals surface area contributed by atoms with Crippen molar-refractivity contribution in [2.45, 2.75) is 13.0 Å². The Morgan fingerprint density at radius 1 is 0.867 bits per heavy atom. The Kier molecular flexibility index (Phi) is 6.38. The molecular weight excluding hydrogens is 388 g/mol. The van der Waals surface area contributed by atoms with Gasteiger partial charge in [-0.05, 0) is 35.6 Å². The van der Waals surface area contributed by atoms with Crippen molar-refractivity contribution in [3.63, 3.8) is 0 Å². The molecule has 1 aromatic heterocycles. The molecule has 0 fully saturated rings. The molecule has 2 N–H and O–H groups in total. The van der Waals surface area contributed by atoms with Crippen LogP contribution in [0, 0.1) is 6.92 Å². The van der Waals surface area contributed by atoms with Crippen LogP contribution in [0.4, 0.5) is 5.69 Å². The van der Waals surface area contributed by atoms with Crippen molar-refractivity contribution >= 4 is 22.9 Å². The molecule has 4 heteroatoms. The lowest BCUT2D eigenvalue weighted by molar-refractivity contribution is -0.115. The summed E-state index contributed by atoms with van der Waals surface area (Å²) in [5.74, 6) is -0.0629. The number of anilines is 1. The van der Waals surface area contributed by atoms with Crippen molar-refractivity contribution < 1.29 is 4.79 Å². The minimum Gasteiger partial charge on any atom is -0.324 e. The quantitative estimate of drug-likeness (QED) is 0.388. The zero-order valence-electron chi connectivity index (χ0n) is 16.8. The number of para-hydroxylation sites is 1. The molecule has 3 aromatic carbocycles. The summed E-state index contributed by atoms with van der Waals surface area (Å²) < 4.78 is 0. The van der Waals surface area contributed by atoms with E-state index in [0.29, 0.717) is 0 Å². The molecule has 0 aliphatic rings. The normalized spacial score (nSPS) is 11.8. The van der Waals surface area contributed by atoms with Crippen LogP contribution in [0.25, 0.3) is 11.1 Å². The van der Waals surface area contributed by atoms with Gasteiger partial charge in [0, 0.05) is 16.1 Å². The summed E-state index contributed by atoms with van der Waals surface area (Å²) in [6, 6.07) is 30.6. The molecule has 30 heavy (non-hydrogen) atoms. The molecule has 4 rings (SSSR count). The van der Waals surface area contributed by atoms with Crippen LogP contribution in [0.5, 0.6) is 0 Å². The number of benzene rings is 3. The van der Waals surface area contributed by atoms with Crippen molar-refractivity contribution in [2.24, 2.45) is 0 Å². The first-order chi connectivity index (χ1) is 14.7.